The highest BCUT2D eigenvalue weighted by Gasteiger charge is 2.44. The summed E-state index contributed by atoms with van der Waals surface area (Å²) in [7, 11) is 0. The first-order chi connectivity index (χ1) is 12.1. The quantitative estimate of drug-likeness (QED) is 0.779. The lowest BCUT2D eigenvalue weighted by molar-refractivity contribution is 0.0575. The van der Waals surface area contributed by atoms with E-state index in [1.165, 1.54) is 4.90 Å². The second-order valence-electron chi connectivity index (χ2n) is 6.20. The van der Waals surface area contributed by atoms with Gasteiger partial charge in [-0.2, -0.15) is 0 Å². The largest absolute Gasteiger partial charge is 0.336 e. The van der Waals surface area contributed by atoms with Gasteiger partial charge in [0.2, 0.25) is 0 Å². The Kier molecular flexibility index (Phi) is 3.81. The summed E-state index contributed by atoms with van der Waals surface area (Å²) in [5, 5.41) is 0.286. The van der Waals surface area contributed by atoms with Crippen molar-refractivity contribution >= 4 is 29.3 Å². The summed E-state index contributed by atoms with van der Waals surface area (Å²) in [5.41, 5.74) is 1.21. The van der Waals surface area contributed by atoms with Crippen LogP contribution in [0.15, 0.2) is 48.5 Å². The fraction of sp³-hybridized carbons (Fsp3) is 0.211. The maximum Gasteiger partial charge on any atom is 0.263 e. The Bertz CT molecular complexity index is 881. The number of likely N-dealkylation sites (tertiary alicyclic amines) is 1. The van der Waals surface area contributed by atoms with Crippen molar-refractivity contribution in [2.75, 3.05) is 13.1 Å². The SMILES string of the molecule is O=C(c1ccccc1)N1CCC(N2C(=O)c3cccc(Cl)c3C2=O)C1. The third kappa shape index (κ3) is 2.51. The third-order valence-electron chi connectivity index (χ3n) is 4.73. The lowest BCUT2D eigenvalue weighted by Crippen LogP contribution is -2.42. The smallest absolute Gasteiger partial charge is 0.263 e. The highest BCUT2D eigenvalue weighted by Crippen LogP contribution is 2.32. The molecule has 2 heterocycles. The number of imide groups is 1. The molecule has 0 aliphatic carbocycles. The van der Waals surface area contributed by atoms with E-state index in [1.807, 2.05) is 18.2 Å². The summed E-state index contributed by atoms with van der Waals surface area (Å²) in [6.07, 6.45) is 0.571. The Morgan fingerprint density at radius 3 is 2.48 bits per heavy atom. The summed E-state index contributed by atoms with van der Waals surface area (Å²) >= 11 is 6.10. The maximum absolute atomic E-state index is 12.7. The van der Waals surface area contributed by atoms with Gasteiger partial charge in [0.25, 0.3) is 17.7 Å². The Balaban J connectivity index is 1.55. The zero-order valence-electron chi connectivity index (χ0n) is 13.3. The summed E-state index contributed by atoms with van der Waals surface area (Å²) in [6, 6.07) is 13.6. The number of hydrogen-bond acceptors (Lipinski definition) is 3. The summed E-state index contributed by atoms with van der Waals surface area (Å²) in [4.78, 5) is 40.8. The number of carbonyl (C=O) groups is 3. The van der Waals surface area contributed by atoms with Gasteiger partial charge in [-0.05, 0) is 30.7 Å². The molecule has 0 spiro atoms. The molecular formula is C19H15ClN2O3. The van der Waals surface area contributed by atoms with Gasteiger partial charge in [0.05, 0.1) is 22.2 Å². The van der Waals surface area contributed by atoms with Crippen LogP contribution in [-0.2, 0) is 0 Å². The van der Waals surface area contributed by atoms with Crippen molar-refractivity contribution in [3.05, 3.63) is 70.2 Å². The van der Waals surface area contributed by atoms with Crippen molar-refractivity contribution in [1.82, 2.24) is 9.80 Å². The third-order valence-corrected chi connectivity index (χ3v) is 5.05. The predicted molar refractivity (Wildman–Crippen MR) is 92.7 cm³/mol. The molecular weight excluding hydrogens is 340 g/mol. The van der Waals surface area contributed by atoms with Gasteiger partial charge < -0.3 is 4.90 Å². The molecule has 0 radical (unpaired) electrons. The van der Waals surface area contributed by atoms with Crippen LogP contribution in [0.3, 0.4) is 0 Å². The molecule has 1 atom stereocenters. The van der Waals surface area contributed by atoms with Crippen molar-refractivity contribution in [2.45, 2.75) is 12.5 Å². The average molecular weight is 355 g/mol. The lowest BCUT2D eigenvalue weighted by Gasteiger charge is -2.22. The molecule has 6 heteroatoms. The first-order valence-electron chi connectivity index (χ1n) is 8.08. The van der Waals surface area contributed by atoms with Crippen LogP contribution in [0.5, 0.6) is 0 Å². The van der Waals surface area contributed by atoms with Crippen molar-refractivity contribution in [2.24, 2.45) is 0 Å². The monoisotopic (exact) mass is 354 g/mol. The predicted octanol–water partition coefficient (Wildman–Crippen LogP) is 2.85. The maximum atomic E-state index is 12.7. The number of benzene rings is 2. The van der Waals surface area contributed by atoms with Crippen molar-refractivity contribution < 1.29 is 14.4 Å². The van der Waals surface area contributed by atoms with Gasteiger partial charge in [-0.3, -0.25) is 19.3 Å². The van der Waals surface area contributed by atoms with Crippen LogP contribution in [0, 0.1) is 0 Å². The van der Waals surface area contributed by atoms with E-state index in [4.69, 9.17) is 11.6 Å². The Hall–Kier alpha value is -2.66. The number of nitrogens with zero attached hydrogens (tertiary/aromatic N) is 2. The summed E-state index contributed by atoms with van der Waals surface area (Å²) in [6.45, 7) is 0.857. The van der Waals surface area contributed by atoms with Crippen LogP contribution in [-0.4, -0.2) is 46.7 Å². The Morgan fingerprint density at radius 2 is 1.76 bits per heavy atom. The first-order valence-corrected chi connectivity index (χ1v) is 8.46. The van der Waals surface area contributed by atoms with E-state index >= 15 is 0 Å². The highest BCUT2D eigenvalue weighted by atomic mass is 35.5. The topological polar surface area (TPSA) is 57.7 Å². The average Bonchev–Trinajstić information content (AvgIpc) is 3.19. The first kappa shape index (κ1) is 15.8. The van der Waals surface area contributed by atoms with E-state index in [0.29, 0.717) is 30.6 Å². The molecule has 126 valence electrons. The molecule has 25 heavy (non-hydrogen) atoms. The molecule has 5 nitrogen and oxygen atoms in total. The number of halogens is 1. The van der Waals surface area contributed by atoms with Crippen LogP contribution in [0.4, 0.5) is 0 Å². The van der Waals surface area contributed by atoms with E-state index < -0.39 is 0 Å². The molecule has 2 aromatic rings. The van der Waals surface area contributed by atoms with E-state index in [-0.39, 0.29) is 34.3 Å². The standard InChI is InChI=1S/C19H15ClN2O3/c20-15-8-4-7-14-16(15)19(25)22(18(14)24)13-9-10-21(11-13)17(23)12-5-2-1-3-6-12/h1-8,13H,9-11H2. The second kappa shape index (κ2) is 6.01. The van der Waals surface area contributed by atoms with Crippen molar-refractivity contribution in [1.29, 1.82) is 0 Å². The lowest BCUT2D eigenvalue weighted by atomic mass is 10.1. The highest BCUT2D eigenvalue weighted by molar-refractivity contribution is 6.37. The molecule has 1 unspecified atom stereocenters. The van der Waals surface area contributed by atoms with Gasteiger partial charge in [-0.1, -0.05) is 35.9 Å². The van der Waals surface area contributed by atoms with Gasteiger partial charge in [0.1, 0.15) is 0 Å². The minimum atomic E-state index is -0.371. The van der Waals surface area contributed by atoms with Crippen LogP contribution in [0.2, 0.25) is 5.02 Å². The van der Waals surface area contributed by atoms with Crippen LogP contribution < -0.4 is 0 Å². The summed E-state index contributed by atoms with van der Waals surface area (Å²) < 4.78 is 0. The normalized spacial score (nSPS) is 19.5. The minimum absolute atomic E-state index is 0.0854. The molecule has 1 saturated heterocycles. The Labute approximate surface area is 149 Å². The van der Waals surface area contributed by atoms with Crippen LogP contribution >= 0.6 is 11.6 Å². The van der Waals surface area contributed by atoms with E-state index in [0.717, 1.165) is 0 Å². The van der Waals surface area contributed by atoms with Crippen molar-refractivity contribution in [3.63, 3.8) is 0 Å². The molecule has 3 amide bonds. The fourth-order valence-corrected chi connectivity index (χ4v) is 3.75. The van der Waals surface area contributed by atoms with Crippen LogP contribution in [0.1, 0.15) is 37.5 Å². The number of rotatable bonds is 2. The molecule has 2 aliphatic heterocycles. The van der Waals surface area contributed by atoms with E-state index in [2.05, 4.69) is 0 Å². The van der Waals surface area contributed by atoms with Gasteiger partial charge in [0, 0.05) is 18.7 Å². The van der Waals surface area contributed by atoms with Gasteiger partial charge in [-0.15, -0.1) is 0 Å². The molecule has 2 aromatic carbocycles. The number of carbonyl (C=O) groups excluding carboxylic acids is 3. The zero-order chi connectivity index (χ0) is 17.6. The zero-order valence-corrected chi connectivity index (χ0v) is 14.1. The van der Waals surface area contributed by atoms with Crippen molar-refractivity contribution in [3.8, 4) is 0 Å². The summed E-state index contributed by atoms with van der Waals surface area (Å²) in [5.74, 6) is -0.788. The van der Waals surface area contributed by atoms with Gasteiger partial charge >= 0.3 is 0 Å². The molecule has 0 saturated carbocycles. The number of amides is 3. The van der Waals surface area contributed by atoms with Crippen LogP contribution in [0.25, 0.3) is 0 Å². The van der Waals surface area contributed by atoms with E-state index in [9.17, 15) is 14.4 Å². The van der Waals surface area contributed by atoms with Gasteiger partial charge in [-0.25, -0.2) is 0 Å². The fourth-order valence-electron chi connectivity index (χ4n) is 3.49. The Morgan fingerprint density at radius 1 is 1.00 bits per heavy atom. The molecule has 4 rings (SSSR count). The number of hydrogen-bond donors (Lipinski definition) is 0. The minimum Gasteiger partial charge on any atom is -0.336 e. The second-order valence-corrected chi connectivity index (χ2v) is 6.61. The van der Waals surface area contributed by atoms with E-state index in [1.54, 1.807) is 35.2 Å². The molecule has 0 N–H and O–H groups in total. The molecule has 1 fully saturated rings. The molecule has 0 aromatic heterocycles. The number of fused-ring (bicyclic) bond motifs is 1. The van der Waals surface area contributed by atoms with Gasteiger partial charge in [0.15, 0.2) is 0 Å². The molecule has 2 aliphatic rings. The molecule has 0 bridgehead atoms.